The molecule has 2 fully saturated rings. The number of fused-ring (bicyclic) bond motifs is 2. The number of aliphatic hydroxyl groups is 1. The first-order valence-electron chi connectivity index (χ1n) is 17.2. The van der Waals surface area contributed by atoms with Gasteiger partial charge in [0, 0.05) is 19.5 Å². The Hall–Kier alpha value is -5.06. The number of hydrogen-bond acceptors (Lipinski definition) is 7. The van der Waals surface area contributed by atoms with Crippen molar-refractivity contribution in [2.45, 2.75) is 55.6 Å². The number of ether oxygens (including phenoxy) is 2. The van der Waals surface area contributed by atoms with Crippen molar-refractivity contribution in [1.29, 1.82) is 0 Å². The normalized spacial score (nSPS) is 29.4. The highest BCUT2D eigenvalue weighted by atomic mass is 16.5. The first-order chi connectivity index (χ1) is 24.4. The Bertz CT molecular complexity index is 1770. The topological polar surface area (TPSA) is 125 Å². The van der Waals surface area contributed by atoms with E-state index in [4.69, 9.17) is 9.47 Å². The van der Waals surface area contributed by atoms with Crippen LogP contribution in [0.15, 0.2) is 115 Å². The van der Waals surface area contributed by atoms with Crippen molar-refractivity contribution in [3.8, 4) is 0 Å². The van der Waals surface area contributed by atoms with E-state index < -0.39 is 66.1 Å². The summed E-state index contributed by atoms with van der Waals surface area (Å²) in [5, 5.41) is 13.9. The lowest BCUT2D eigenvalue weighted by molar-refractivity contribution is -0.151. The van der Waals surface area contributed by atoms with Gasteiger partial charge in [0.25, 0.3) is 0 Å². The lowest BCUT2D eigenvalue weighted by atomic mass is 9.74. The van der Waals surface area contributed by atoms with Crippen LogP contribution < -0.4 is 5.32 Å². The molecule has 0 aliphatic carbocycles. The molecule has 7 atom stereocenters. The molecule has 10 nitrogen and oxygen atoms in total. The summed E-state index contributed by atoms with van der Waals surface area (Å²) in [5.74, 6) is -3.57. The number of allylic oxidation sites excluding steroid dienone is 1. The van der Waals surface area contributed by atoms with Crippen molar-refractivity contribution in [2.75, 3.05) is 19.8 Å². The third-order valence-electron chi connectivity index (χ3n) is 10.2. The molecule has 7 rings (SSSR count). The number of nitrogens with zero attached hydrogens (tertiary/aromatic N) is 2. The van der Waals surface area contributed by atoms with Crippen LogP contribution in [0.4, 0.5) is 0 Å². The molecule has 4 heterocycles. The molecular weight excluding hydrogens is 634 g/mol. The molecule has 2 N–H and O–H groups in total. The lowest BCUT2D eigenvalue weighted by Crippen LogP contribution is -2.58. The van der Waals surface area contributed by atoms with E-state index in [0.717, 1.165) is 16.7 Å². The maximum Gasteiger partial charge on any atom is 0.306 e. The maximum absolute atomic E-state index is 15.1. The maximum atomic E-state index is 15.1. The number of nitrogens with one attached hydrogen (secondary N) is 1. The summed E-state index contributed by atoms with van der Waals surface area (Å²) >= 11 is 0. The first kappa shape index (κ1) is 33.4. The van der Waals surface area contributed by atoms with Crippen LogP contribution in [0.3, 0.4) is 0 Å². The van der Waals surface area contributed by atoms with Gasteiger partial charge in [-0.1, -0.05) is 115 Å². The molecule has 4 aliphatic heterocycles. The van der Waals surface area contributed by atoms with Gasteiger partial charge in [0.15, 0.2) is 0 Å². The van der Waals surface area contributed by atoms with Crippen molar-refractivity contribution < 1.29 is 33.8 Å². The van der Waals surface area contributed by atoms with Crippen LogP contribution >= 0.6 is 0 Å². The minimum Gasteiger partial charge on any atom is -0.463 e. The number of benzene rings is 3. The van der Waals surface area contributed by atoms with Crippen molar-refractivity contribution in [3.05, 3.63) is 132 Å². The van der Waals surface area contributed by atoms with Gasteiger partial charge in [-0.3, -0.25) is 19.2 Å². The number of amides is 3. The summed E-state index contributed by atoms with van der Waals surface area (Å²) in [4.78, 5) is 60.1. The van der Waals surface area contributed by atoms with Crippen LogP contribution in [0.2, 0.25) is 0 Å². The van der Waals surface area contributed by atoms with Gasteiger partial charge in [0.1, 0.15) is 18.2 Å². The van der Waals surface area contributed by atoms with Gasteiger partial charge >= 0.3 is 5.97 Å². The predicted octanol–water partition coefficient (Wildman–Crippen LogP) is 3.52. The highest BCUT2D eigenvalue weighted by Gasteiger charge is 2.73. The van der Waals surface area contributed by atoms with E-state index in [2.05, 4.69) is 5.32 Å². The average molecular weight is 676 g/mol. The predicted molar refractivity (Wildman–Crippen MR) is 184 cm³/mol. The summed E-state index contributed by atoms with van der Waals surface area (Å²) in [6.07, 6.45) is 7.34. The van der Waals surface area contributed by atoms with Crippen LogP contribution in [0.5, 0.6) is 0 Å². The second-order valence-electron chi connectivity index (χ2n) is 13.3. The van der Waals surface area contributed by atoms with E-state index in [0.29, 0.717) is 12.8 Å². The summed E-state index contributed by atoms with van der Waals surface area (Å²) in [6, 6.07) is 25.8. The molecular formula is C40H41N3O7. The summed E-state index contributed by atoms with van der Waals surface area (Å²) in [6.45, 7) is -0.0174. The number of carbonyl (C=O) groups is 4. The largest absolute Gasteiger partial charge is 0.463 e. The van der Waals surface area contributed by atoms with Crippen molar-refractivity contribution >= 4 is 23.7 Å². The number of hydrogen-bond donors (Lipinski definition) is 2. The summed E-state index contributed by atoms with van der Waals surface area (Å²) in [7, 11) is 0. The molecule has 10 heteroatoms. The minimum absolute atomic E-state index is 0.0854. The van der Waals surface area contributed by atoms with Gasteiger partial charge in [0.2, 0.25) is 17.7 Å². The van der Waals surface area contributed by atoms with Gasteiger partial charge in [-0.05, 0) is 29.5 Å². The molecule has 0 aromatic heterocycles. The van der Waals surface area contributed by atoms with Crippen LogP contribution in [-0.2, 0) is 41.6 Å². The zero-order valence-corrected chi connectivity index (χ0v) is 27.7. The van der Waals surface area contributed by atoms with E-state index >= 15 is 4.79 Å². The standard InChI is InChI=1S/C40H41N3O7/c44-25-30(23-27-13-5-1-6-14-27)43-36-39(48)42(24-28-15-7-2-8-16-28)22-12-4-11-19-33(45)49-26-31(29-17-9-3-10-18-29)41-37(46)34-32-20-21-40(36,50-32)35(34)38(43)47/h1-10,12-18,20-21,30-32,34-36,44H,11,19,22-26H2,(H,41,46)/b12-4-/t30-,31+,32+,34-,35-,36+,40-/m1/s1. The molecule has 0 radical (unpaired) electrons. The van der Waals surface area contributed by atoms with E-state index in [-0.39, 0.29) is 32.0 Å². The van der Waals surface area contributed by atoms with Crippen LogP contribution in [-0.4, -0.2) is 82.1 Å². The summed E-state index contributed by atoms with van der Waals surface area (Å²) < 4.78 is 12.3. The van der Waals surface area contributed by atoms with Crippen molar-refractivity contribution in [3.63, 3.8) is 0 Å². The Labute approximate surface area is 291 Å². The molecule has 1 spiro atoms. The smallest absolute Gasteiger partial charge is 0.306 e. The zero-order valence-electron chi connectivity index (χ0n) is 27.7. The summed E-state index contributed by atoms with van der Waals surface area (Å²) in [5.41, 5.74) is 1.11. The van der Waals surface area contributed by atoms with Gasteiger partial charge in [-0.15, -0.1) is 0 Å². The zero-order chi connectivity index (χ0) is 34.7. The number of esters is 1. The Morgan fingerprint density at radius 1 is 0.860 bits per heavy atom. The second kappa shape index (κ2) is 14.4. The van der Waals surface area contributed by atoms with Gasteiger partial charge < -0.3 is 29.7 Å². The Balaban J connectivity index is 1.31. The highest BCUT2D eigenvalue weighted by Crippen LogP contribution is 2.56. The fourth-order valence-corrected chi connectivity index (χ4v) is 7.87. The molecule has 258 valence electrons. The molecule has 5 bridgehead atoms. The third kappa shape index (κ3) is 6.36. The van der Waals surface area contributed by atoms with Crippen LogP contribution in [0.1, 0.15) is 35.6 Å². The minimum atomic E-state index is -1.42. The number of likely N-dealkylation sites (tertiary alicyclic amines) is 1. The number of carbonyl (C=O) groups excluding carboxylic acids is 4. The second-order valence-corrected chi connectivity index (χ2v) is 13.3. The third-order valence-corrected chi connectivity index (χ3v) is 10.2. The van der Waals surface area contributed by atoms with Crippen LogP contribution in [0, 0.1) is 11.8 Å². The molecule has 4 aliphatic rings. The van der Waals surface area contributed by atoms with Gasteiger partial charge in [-0.2, -0.15) is 0 Å². The molecule has 0 unspecified atom stereocenters. The van der Waals surface area contributed by atoms with Crippen LogP contribution in [0.25, 0.3) is 0 Å². The highest BCUT2D eigenvalue weighted by molar-refractivity contribution is 6.00. The van der Waals surface area contributed by atoms with Crippen molar-refractivity contribution in [1.82, 2.24) is 15.1 Å². The number of cyclic esters (lactones) is 1. The molecule has 3 aromatic rings. The lowest BCUT2D eigenvalue weighted by Gasteiger charge is -2.39. The number of aliphatic hydroxyl groups excluding tert-OH is 1. The van der Waals surface area contributed by atoms with Gasteiger partial charge in [-0.25, -0.2) is 0 Å². The fraction of sp³-hybridized carbons (Fsp3) is 0.350. The first-order valence-corrected chi connectivity index (χ1v) is 17.2. The molecule has 0 saturated carbocycles. The molecule has 3 amide bonds. The average Bonchev–Trinajstić information content (AvgIpc) is 3.79. The molecule has 3 aromatic carbocycles. The van der Waals surface area contributed by atoms with Crippen molar-refractivity contribution in [2.24, 2.45) is 11.8 Å². The monoisotopic (exact) mass is 675 g/mol. The van der Waals surface area contributed by atoms with E-state index in [1.165, 1.54) is 4.90 Å². The fourth-order valence-electron chi connectivity index (χ4n) is 7.87. The molecule has 2 saturated heterocycles. The quantitative estimate of drug-likeness (QED) is 0.290. The van der Waals surface area contributed by atoms with Gasteiger partial charge in [0.05, 0.1) is 36.6 Å². The Morgan fingerprint density at radius 3 is 2.24 bits per heavy atom. The Morgan fingerprint density at radius 2 is 1.54 bits per heavy atom. The van der Waals surface area contributed by atoms with E-state index in [1.807, 2.05) is 103 Å². The Kier molecular flexibility index (Phi) is 9.65. The SMILES string of the molecule is O=C1CC/C=C\CN(Cc2ccccc2)C(=O)[C@@H]2N([C@@H](CO)Cc3ccccc3)C(=O)[C@H]3[C@H](C(=O)N[C@H](c4ccccc4)CO1)[C@@H]1C=C[C@]23O1. The number of rotatable bonds is 7. The van der Waals surface area contributed by atoms with E-state index in [9.17, 15) is 19.5 Å². The van der Waals surface area contributed by atoms with E-state index in [1.54, 1.807) is 17.1 Å². The molecule has 50 heavy (non-hydrogen) atoms.